The van der Waals surface area contributed by atoms with Gasteiger partial charge in [-0.05, 0) is 33.4 Å². The predicted octanol–water partition coefficient (Wildman–Crippen LogP) is 2.12. The van der Waals surface area contributed by atoms with Crippen molar-refractivity contribution in [2.45, 2.75) is 0 Å². The van der Waals surface area contributed by atoms with Crippen molar-refractivity contribution in [1.29, 1.82) is 0 Å². The molecule has 0 fully saturated rings. The highest BCUT2D eigenvalue weighted by Gasteiger charge is 1.96. The summed E-state index contributed by atoms with van der Waals surface area (Å²) in [5.41, 5.74) is 0. The molecule has 0 aliphatic carbocycles. The van der Waals surface area contributed by atoms with Gasteiger partial charge >= 0.3 is 0 Å². The van der Waals surface area contributed by atoms with E-state index in [-0.39, 0.29) is 0 Å². The zero-order valence-electron chi connectivity index (χ0n) is 2.77. The highest BCUT2D eigenvalue weighted by Crippen LogP contribution is 2.30. The minimum Gasteiger partial charge on any atom is -0.315 e. The van der Waals surface area contributed by atoms with Crippen LogP contribution in [0.4, 0.5) is 0 Å². The summed E-state index contributed by atoms with van der Waals surface area (Å²) in [6, 6.07) is 0. The van der Waals surface area contributed by atoms with Gasteiger partial charge in [-0.15, -0.1) is 0 Å². The van der Waals surface area contributed by atoms with Crippen molar-refractivity contribution in [2.24, 2.45) is 0 Å². The maximum Gasteiger partial charge on any atom is 0.0910 e. The molecule has 0 saturated heterocycles. The second-order valence-corrected chi connectivity index (χ2v) is 3.79. The predicted molar refractivity (Wildman–Crippen MR) is 40.4 cm³/mol. The minimum absolute atomic E-state index is 1.22. The van der Waals surface area contributed by atoms with Crippen LogP contribution in [0, 0.1) is 0 Å². The van der Waals surface area contributed by atoms with E-state index in [0.717, 1.165) is 0 Å². The molecule has 0 radical (unpaired) electrons. The van der Waals surface area contributed by atoms with Crippen LogP contribution in [0.1, 0.15) is 0 Å². The lowest BCUT2D eigenvalue weighted by Crippen LogP contribution is -1.85. The normalized spacial score (nSPS) is 19.8. The molecule has 1 rings (SSSR count). The third-order valence-electron chi connectivity index (χ3n) is 0.339. The molecule has 0 spiro atoms. The highest BCUT2D eigenvalue weighted by atomic mass is 127. The molecule has 6 heavy (non-hydrogen) atoms. The van der Waals surface area contributed by atoms with Gasteiger partial charge in [-0.2, -0.15) is 0 Å². The number of nitrogens with one attached hydrogen (secondary N) is 1. The van der Waals surface area contributed by atoms with Gasteiger partial charge in [-0.3, -0.25) is 0 Å². The van der Waals surface area contributed by atoms with E-state index < -0.39 is 0 Å². The topological polar surface area (TPSA) is 12.0 Å². The standard InChI is InChI=1S/C2H2INS2/c3-2-1-5-6-4-2/h1,4H. The Bertz CT molecular complexity index is 81.6. The van der Waals surface area contributed by atoms with Crippen molar-refractivity contribution in [3.63, 3.8) is 0 Å². The summed E-state index contributed by atoms with van der Waals surface area (Å²) in [6.07, 6.45) is 0. The summed E-state index contributed by atoms with van der Waals surface area (Å²) in [5.74, 6) is 0. The molecule has 1 aliphatic rings. The summed E-state index contributed by atoms with van der Waals surface area (Å²) < 4.78 is 4.27. The van der Waals surface area contributed by atoms with Gasteiger partial charge in [-0.1, -0.05) is 0 Å². The maximum absolute atomic E-state index is 3.05. The molecule has 1 N–H and O–H groups in total. The first-order valence-corrected chi connectivity index (χ1v) is 4.63. The molecule has 1 heterocycles. The summed E-state index contributed by atoms with van der Waals surface area (Å²) in [5, 5.41) is 2.07. The van der Waals surface area contributed by atoms with Crippen LogP contribution in [0.3, 0.4) is 0 Å². The fourth-order valence-electron chi connectivity index (χ4n) is 0.154. The number of hydrogen-bond acceptors (Lipinski definition) is 3. The number of halogens is 1. The van der Waals surface area contributed by atoms with Crippen LogP contribution >= 0.6 is 44.4 Å². The van der Waals surface area contributed by atoms with Gasteiger partial charge in [0.05, 0.1) is 3.70 Å². The van der Waals surface area contributed by atoms with Crippen molar-refractivity contribution in [1.82, 2.24) is 4.72 Å². The second-order valence-electron chi connectivity index (χ2n) is 0.747. The lowest BCUT2D eigenvalue weighted by Gasteiger charge is -1.83. The molecule has 1 aliphatic heterocycles. The Morgan fingerprint density at radius 2 is 2.67 bits per heavy atom. The van der Waals surface area contributed by atoms with Crippen LogP contribution < -0.4 is 4.72 Å². The van der Waals surface area contributed by atoms with Crippen LogP contribution in [0.25, 0.3) is 0 Å². The molecule has 0 saturated carbocycles. The van der Waals surface area contributed by atoms with E-state index in [9.17, 15) is 0 Å². The summed E-state index contributed by atoms with van der Waals surface area (Å²) in [6.45, 7) is 0. The molecule has 4 heteroatoms. The van der Waals surface area contributed by atoms with Crippen LogP contribution in [0.2, 0.25) is 0 Å². The van der Waals surface area contributed by atoms with Gasteiger partial charge < -0.3 is 4.72 Å². The first-order chi connectivity index (χ1) is 2.89. The van der Waals surface area contributed by atoms with E-state index >= 15 is 0 Å². The van der Waals surface area contributed by atoms with E-state index in [2.05, 4.69) is 32.7 Å². The molecule has 0 aromatic carbocycles. The lowest BCUT2D eigenvalue weighted by atomic mass is 11.1. The van der Waals surface area contributed by atoms with Gasteiger partial charge in [0.15, 0.2) is 0 Å². The largest absolute Gasteiger partial charge is 0.315 e. The Balaban J connectivity index is 2.45. The van der Waals surface area contributed by atoms with Crippen molar-refractivity contribution in [3.8, 4) is 0 Å². The molecular weight excluding hydrogens is 229 g/mol. The number of rotatable bonds is 0. The zero-order valence-corrected chi connectivity index (χ0v) is 6.56. The zero-order chi connectivity index (χ0) is 4.41. The fraction of sp³-hybridized carbons (Fsp3) is 0. The molecule has 0 aromatic heterocycles. The highest BCUT2D eigenvalue weighted by molar-refractivity contribution is 14.1. The molecule has 34 valence electrons. The Labute approximate surface area is 58.0 Å². The van der Waals surface area contributed by atoms with Crippen LogP contribution in [-0.2, 0) is 0 Å². The van der Waals surface area contributed by atoms with Gasteiger partial charge in [0, 0.05) is 16.4 Å². The van der Waals surface area contributed by atoms with Gasteiger partial charge in [0.2, 0.25) is 0 Å². The maximum atomic E-state index is 3.05. The van der Waals surface area contributed by atoms with Crippen molar-refractivity contribution in [2.75, 3.05) is 0 Å². The third-order valence-corrected chi connectivity index (χ3v) is 3.27. The third kappa shape index (κ3) is 1.23. The molecule has 0 aromatic rings. The van der Waals surface area contributed by atoms with Crippen molar-refractivity contribution >= 4 is 44.4 Å². The van der Waals surface area contributed by atoms with E-state index in [1.807, 2.05) is 0 Å². The van der Waals surface area contributed by atoms with E-state index in [1.165, 1.54) is 3.70 Å². The van der Waals surface area contributed by atoms with Gasteiger partial charge in [-0.25, -0.2) is 0 Å². The Kier molecular flexibility index (Phi) is 1.98. The fourth-order valence-corrected chi connectivity index (χ4v) is 3.13. The monoisotopic (exact) mass is 231 g/mol. The van der Waals surface area contributed by atoms with E-state index in [0.29, 0.717) is 0 Å². The smallest absolute Gasteiger partial charge is 0.0910 e. The van der Waals surface area contributed by atoms with Crippen LogP contribution in [-0.4, -0.2) is 0 Å². The van der Waals surface area contributed by atoms with Crippen molar-refractivity contribution < 1.29 is 0 Å². The molecule has 0 amide bonds. The summed E-state index contributed by atoms with van der Waals surface area (Å²) >= 11 is 2.24. The average Bonchev–Trinajstić information content (AvgIpc) is 1.86. The first-order valence-electron chi connectivity index (χ1n) is 1.33. The summed E-state index contributed by atoms with van der Waals surface area (Å²) in [7, 11) is 3.37. The number of hydrogen-bond donors (Lipinski definition) is 1. The molecule has 0 unspecified atom stereocenters. The lowest BCUT2D eigenvalue weighted by molar-refractivity contribution is 1.44. The van der Waals surface area contributed by atoms with Crippen LogP contribution in [0.5, 0.6) is 0 Å². The quantitative estimate of drug-likeness (QED) is 0.297. The average molecular weight is 231 g/mol. The van der Waals surface area contributed by atoms with Gasteiger partial charge in [0.1, 0.15) is 0 Å². The van der Waals surface area contributed by atoms with Crippen LogP contribution in [0.15, 0.2) is 9.11 Å². The first kappa shape index (κ1) is 5.11. The Morgan fingerprint density at radius 1 is 1.83 bits per heavy atom. The molecule has 0 atom stereocenters. The van der Waals surface area contributed by atoms with Gasteiger partial charge in [0.25, 0.3) is 0 Å². The molecule has 1 nitrogen and oxygen atoms in total. The Hall–Kier alpha value is 0.970. The van der Waals surface area contributed by atoms with Crippen molar-refractivity contribution in [3.05, 3.63) is 9.11 Å². The molecule has 0 bridgehead atoms. The SMILES string of the molecule is IC1=CSSN1. The second kappa shape index (κ2) is 2.32. The van der Waals surface area contributed by atoms with E-state index in [4.69, 9.17) is 0 Å². The summed E-state index contributed by atoms with van der Waals surface area (Å²) in [4.78, 5) is 0. The molecular formula is C2H2INS2. The Morgan fingerprint density at radius 3 is 2.83 bits per heavy atom. The minimum atomic E-state index is 1.22. The van der Waals surface area contributed by atoms with E-state index in [1.54, 1.807) is 21.8 Å².